The molecule has 1 amide bonds. The molecule has 0 bridgehead atoms. The number of halogens is 1. The van der Waals surface area contributed by atoms with Crippen LogP contribution in [0, 0.1) is 5.82 Å². The highest BCUT2D eigenvalue weighted by Crippen LogP contribution is 2.44. The number of carbonyl (C=O) groups is 1. The van der Waals surface area contributed by atoms with E-state index < -0.39 is 0 Å². The molecule has 5 rings (SSSR count). The van der Waals surface area contributed by atoms with Crippen LogP contribution in [-0.2, 0) is 4.79 Å². The van der Waals surface area contributed by atoms with Gasteiger partial charge in [-0.3, -0.25) is 9.69 Å². The van der Waals surface area contributed by atoms with E-state index in [4.69, 9.17) is 5.10 Å². The number of thioether (sulfide) groups is 1. The first-order valence-corrected chi connectivity index (χ1v) is 10.7. The largest absolute Gasteiger partial charge is 0.295 e. The zero-order valence-corrected chi connectivity index (χ0v) is 16.8. The van der Waals surface area contributed by atoms with Gasteiger partial charge in [0.25, 0.3) is 0 Å². The number of carbonyl (C=O) groups excluding carboxylic acids is 1. The Morgan fingerprint density at radius 2 is 1.50 bits per heavy atom. The number of amides is 1. The number of anilines is 1. The van der Waals surface area contributed by atoms with Crippen molar-refractivity contribution >= 4 is 23.4 Å². The molecule has 148 valence electrons. The van der Waals surface area contributed by atoms with Gasteiger partial charge in [-0.2, -0.15) is 5.10 Å². The fourth-order valence-corrected chi connectivity index (χ4v) is 4.81. The van der Waals surface area contributed by atoms with E-state index in [2.05, 4.69) is 0 Å². The average molecular weight is 415 g/mol. The molecular formula is C24H18FN3OS. The monoisotopic (exact) mass is 415 g/mol. The van der Waals surface area contributed by atoms with Crippen molar-refractivity contribution in [2.45, 2.75) is 5.37 Å². The van der Waals surface area contributed by atoms with Crippen LogP contribution in [0.15, 0.2) is 91.1 Å². The quantitative estimate of drug-likeness (QED) is 0.444. The van der Waals surface area contributed by atoms with E-state index in [1.54, 1.807) is 23.9 Å². The van der Waals surface area contributed by atoms with Crippen molar-refractivity contribution in [1.29, 1.82) is 0 Å². The SMILES string of the molecule is O=C1CSC(c2cn(-c3ccccc3)nc2-c2ccc(F)cc2)N1c1ccccc1. The van der Waals surface area contributed by atoms with Gasteiger partial charge in [-0.05, 0) is 48.5 Å². The highest BCUT2D eigenvalue weighted by atomic mass is 32.2. The second-order valence-corrected chi connectivity index (χ2v) is 8.05. The van der Waals surface area contributed by atoms with Crippen LogP contribution in [0.5, 0.6) is 0 Å². The number of rotatable bonds is 4. The first-order valence-electron chi connectivity index (χ1n) is 9.60. The van der Waals surface area contributed by atoms with Crippen LogP contribution in [-0.4, -0.2) is 21.4 Å². The number of nitrogens with zero attached hydrogens (tertiary/aromatic N) is 3. The molecule has 0 radical (unpaired) electrons. The molecule has 0 aliphatic carbocycles. The minimum atomic E-state index is -0.292. The lowest BCUT2D eigenvalue weighted by Gasteiger charge is -2.24. The summed E-state index contributed by atoms with van der Waals surface area (Å²) in [6, 6.07) is 25.8. The van der Waals surface area contributed by atoms with Gasteiger partial charge in [0.1, 0.15) is 11.2 Å². The summed E-state index contributed by atoms with van der Waals surface area (Å²) in [5.74, 6) is 0.173. The molecule has 1 aliphatic rings. The summed E-state index contributed by atoms with van der Waals surface area (Å²) in [6.45, 7) is 0. The number of hydrogen-bond donors (Lipinski definition) is 0. The lowest BCUT2D eigenvalue weighted by atomic mass is 10.1. The standard InChI is InChI=1S/C24H18FN3OS/c25-18-13-11-17(12-14-18)23-21(15-27(26-23)19-7-3-1-4-8-19)24-28(22(29)16-30-24)20-9-5-2-6-10-20/h1-15,24H,16H2. The van der Waals surface area contributed by atoms with Gasteiger partial charge in [0, 0.05) is 23.0 Å². The van der Waals surface area contributed by atoms with E-state index in [0.717, 1.165) is 28.2 Å². The molecule has 1 aliphatic heterocycles. The van der Waals surface area contributed by atoms with Gasteiger partial charge in [-0.1, -0.05) is 36.4 Å². The molecule has 1 fully saturated rings. The van der Waals surface area contributed by atoms with Crippen molar-refractivity contribution in [3.05, 3.63) is 103 Å². The zero-order chi connectivity index (χ0) is 20.5. The Kier molecular flexibility index (Phi) is 4.85. The number of aromatic nitrogens is 2. The molecule has 3 aromatic carbocycles. The fourth-order valence-electron chi connectivity index (χ4n) is 3.64. The molecule has 0 spiro atoms. The molecule has 1 saturated heterocycles. The Morgan fingerprint density at radius 1 is 0.867 bits per heavy atom. The topological polar surface area (TPSA) is 38.1 Å². The van der Waals surface area contributed by atoms with Crippen molar-refractivity contribution in [2.24, 2.45) is 0 Å². The van der Waals surface area contributed by atoms with Crippen molar-refractivity contribution in [2.75, 3.05) is 10.7 Å². The third kappa shape index (κ3) is 3.39. The molecule has 0 N–H and O–H groups in total. The highest BCUT2D eigenvalue weighted by molar-refractivity contribution is 8.00. The van der Waals surface area contributed by atoms with Crippen molar-refractivity contribution in [1.82, 2.24) is 9.78 Å². The van der Waals surface area contributed by atoms with E-state index in [1.807, 2.05) is 76.4 Å². The van der Waals surface area contributed by atoms with Gasteiger partial charge >= 0.3 is 0 Å². The van der Waals surface area contributed by atoms with Crippen molar-refractivity contribution in [3.63, 3.8) is 0 Å². The Morgan fingerprint density at radius 3 is 2.17 bits per heavy atom. The fraction of sp³-hybridized carbons (Fsp3) is 0.0833. The van der Waals surface area contributed by atoms with E-state index in [9.17, 15) is 9.18 Å². The lowest BCUT2D eigenvalue weighted by Crippen LogP contribution is -2.27. The summed E-state index contributed by atoms with van der Waals surface area (Å²) < 4.78 is 15.3. The van der Waals surface area contributed by atoms with Crippen LogP contribution in [0.4, 0.5) is 10.1 Å². The predicted molar refractivity (Wildman–Crippen MR) is 118 cm³/mol. The first kappa shape index (κ1) is 18.6. The molecule has 4 aromatic rings. The van der Waals surface area contributed by atoms with Crippen LogP contribution in [0.3, 0.4) is 0 Å². The van der Waals surface area contributed by atoms with Crippen molar-refractivity contribution < 1.29 is 9.18 Å². The van der Waals surface area contributed by atoms with E-state index >= 15 is 0 Å². The molecule has 1 atom stereocenters. The smallest absolute Gasteiger partial charge is 0.238 e. The van der Waals surface area contributed by atoms with Crippen LogP contribution in [0.2, 0.25) is 0 Å². The molecule has 4 nitrogen and oxygen atoms in total. The van der Waals surface area contributed by atoms with Crippen LogP contribution >= 0.6 is 11.8 Å². The Bertz CT molecular complexity index is 1180. The molecule has 30 heavy (non-hydrogen) atoms. The molecular weight excluding hydrogens is 397 g/mol. The maximum atomic E-state index is 13.5. The summed E-state index contributed by atoms with van der Waals surface area (Å²) in [7, 11) is 0. The molecule has 0 saturated carbocycles. The summed E-state index contributed by atoms with van der Waals surface area (Å²) in [5, 5.41) is 4.61. The number of para-hydroxylation sites is 2. The van der Waals surface area contributed by atoms with Crippen LogP contribution in [0.25, 0.3) is 16.9 Å². The highest BCUT2D eigenvalue weighted by Gasteiger charge is 2.36. The summed E-state index contributed by atoms with van der Waals surface area (Å²) in [6.07, 6.45) is 1.97. The third-order valence-corrected chi connectivity index (χ3v) is 6.24. The Labute approximate surface area is 178 Å². The number of benzene rings is 3. The van der Waals surface area contributed by atoms with Crippen molar-refractivity contribution in [3.8, 4) is 16.9 Å². The maximum absolute atomic E-state index is 13.5. The lowest BCUT2D eigenvalue weighted by molar-refractivity contribution is -0.115. The van der Waals surface area contributed by atoms with Gasteiger partial charge in [0.05, 0.1) is 17.1 Å². The normalized spacial score (nSPS) is 16.2. The molecule has 6 heteroatoms. The van der Waals surface area contributed by atoms with Gasteiger partial charge in [0.2, 0.25) is 5.91 Å². The van der Waals surface area contributed by atoms with E-state index in [0.29, 0.717) is 5.75 Å². The van der Waals surface area contributed by atoms with Crippen LogP contribution in [0.1, 0.15) is 10.9 Å². The second-order valence-electron chi connectivity index (χ2n) is 6.98. The number of hydrogen-bond acceptors (Lipinski definition) is 3. The molecule has 1 unspecified atom stereocenters. The Balaban J connectivity index is 1.65. The zero-order valence-electron chi connectivity index (χ0n) is 16.0. The first-order chi connectivity index (χ1) is 14.7. The predicted octanol–water partition coefficient (Wildman–Crippen LogP) is 5.46. The van der Waals surface area contributed by atoms with Gasteiger partial charge < -0.3 is 0 Å². The summed E-state index contributed by atoms with van der Waals surface area (Å²) in [4.78, 5) is 14.6. The third-order valence-electron chi connectivity index (χ3n) is 5.05. The average Bonchev–Trinajstić information content (AvgIpc) is 3.39. The maximum Gasteiger partial charge on any atom is 0.238 e. The summed E-state index contributed by atoms with van der Waals surface area (Å²) >= 11 is 1.58. The van der Waals surface area contributed by atoms with Gasteiger partial charge in [-0.25, -0.2) is 9.07 Å². The molecule has 2 heterocycles. The minimum absolute atomic E-state index is 0.0636. The second kappa shape index (κ2) is 7.80. The summed E-state index contributed by atoms with van der Waals surface area (Å²) in [5.41, 5.74) is 4.26. The minimum Gasteiger partial charge on any atom is -0.295 e. The van der Waals surface area contributed by atoms with Gasteiger partial charge in [0.15, 0.2) is 0 Å². The van der Waals surface area contributed by atoms with Gasteiger partial charge in [-0.15, -0.1) is 11.8 Å². The van der Waals surface area contributed by atoms with E-state index in [1.165, 1.54) is 12.1 Å². The van der Waals surface area contributed by atoms with E-state index in [-0.39, 0.29) is 17.1 Å². The Hall–Kier alpha value is -3.38. The molecule has 1 aromatic heterocycles. The van der Waals surface area contributed by atoms with Crippen LogP contribution < -0.4 is 4.90 Å².